The third-order valence-corrected chi connectivity index (χ3v) is 0.985. The number of rotatable bonds is 0. The molecule has 0 unspecified atom stereocenters. The van der Waals surface area contributed by atoms with Crippen LogP contribution in [0.25, 0.3) is 0 Å². The fourth-order valence-electron chi connectivity index (χ4n) is 0.415. The molecule has 3 nitrogen and oxygen atoms in total. The molecule has 0 atom stereocenters. The van der Waals surface area contributed by atoms with Gasteiger partial charge in [-0.25, -0.2) is 0 Å². The Morgan fingerprint density at radius 1 is 1.17 bits per heavy atom. The second-order valence-corrected chi connectivity index (χ2v) is 4.14. The first kappa shape index (κ1) is 11.7. The van der Waals surface area contributed by atoms with Gasteiger partial charge in [-0.05, 0) is 12.1 Å². The Balaban J connectivity index is 0.000000217. The van der Waals surface area contributed by atoms with E-state index in [1.54, 1.807) is 0 Å². The molecule has 1 aromatic carbocycles. The average molecular weight is 229 g/mol. The Morgan fingerprint density at radius 3 is 1.67 bits per heavy atom. The highest BCUT2D eigenvalue weighted by Gasteiger charge is 1.86. The molecule has 0 heterocycles. The van der Waals surface area contributed by atoms with E-state index in [-0.39, 0.29) is 0 Å². The van der Waals surface area contributed by atoms with Gasteiger partial charge in [0, 0.05) is 15.7 Å². The van der Waals surface area contributed by atoms with Gasteiger partial charge in [0.25, 0.3) is 0 Å². The maximum Gasteiger partial charge on any atom is 0.353 e. The first-order valence-corrected chi connectivity index (χ1v) is 5.41. The van der Waals surface area contributed by atoms with E-state index in [1.807, 2.05) is 30.3 Å². The van der Waals surface area contributed by atoms with Crippen LogP contribution < -0.4 is 0 Å². The Hall–Kier alpha value is -0.290. The quantitative estimate of drug-likeness (QED) is 0.548. The van der Waals surface area contributed by atoms with Gasteiger partial charge < -0.3 is 0 Å². The summed E-state index contributed by atoms with van der Waals surface area (Å²) in [5.74, 6) is 0. The summed E-state index contributed by atoms with van der Waals surface area (Å²) in [4.78, 5) is 0. The second-order valence-electron chi connectivity index (χ2n) is 1.71. The molecule has 1 aromatic rings. The number of benzene rings is 1. The van der Waals surface area contributed by atoms with Crippen LogP contribution >= 0.6 is 22.3 Å². The molecule has 6 heteroatoms. The van der Waals surface area contributed by atoms with Gasteiger partial charge in [-0.3, -0.25) is 4.55 Å². The highest BCUT2D eigenvalue weighted by atomic mass is 35.7. The third kappa shape index (κ3) is 12.4. The molecule has 0 bridgehead atoms. The van der Waals surface area contributed by atoms with Crippen LogP contribution in [0, 0.1) is 0 Å². The van der Waals surface area contributed by atoms with Crippen molar-refractivity contribution >= 4 is 31.6 Å². The third-order valence-electron chi connectivity index (χ3n) is 0.733. The molecule has 0 amide bonds. The number of hydrogen-bond acceptors (Lipinski definition) is 2. The Morgan fingerprint density at radius 2 is 1.50 bits per heavy atom. The van der Waals surface area contributed by atoms with Crippen LogP contribution in [-0.4, -0.2) is 13.0 Å². The first-order chi connectivity index (χ1) is 5.39. The standard InChI is InChI=1S/C6H5Cl.ClHO3S/c7-6-4-2-1-3-5-6;1-5(2,3)4/h1-5H;(H,2,3,4). The van der Waals surface area contributed by atoms with E-state index in [9.17, 15) is 0 Å². The molecule has 0 fully saturated rings. The van der Waals surface area contributed by atoms with Crippen LogP contribution in [0.4, 0.5) is 0 Å². The molecular weight excluding hydrogens is 223 g/mol. The van der Waals surface area contributed by atoms with Crippen molar-refractivity contribution in [3.8, 4) is 0 Å². The summed E-state index contributed by atoms with van der Waals surface area (Å²) in [5.41, 5.74) is 0. The van der Waals surface area contributed by atoms with Crippen molar-refractivity contribution in [2.24, 2.45) is 0 Å². The van der Waals surface area contributed by atoms with Gasteiger partial charge in [-0.15, -0.1) is 0 Å². The minimum Gasteiger partial charge on any atom is -0.273 e. The summed E-state index contributed by atoms with van der Waals surface area (Å²) >= 11 is 5.54. The van der Waals surface area contributed by atoms with Crippen molar-refractivity contribution in [1.29, 1.82) is 0 Å². The summed E-state index contributed by atoms with van der Waals surface area (Å²) in [6, 6.07) is 9.44. The minimum atomic E-state index is -4.19. The highest BCUT2D eigenvalue weighted by molar-refractivity contribution is 8.09. The lowest BCUT2D eigenvalue weighted by Crippen LogP contribution is -1.77. The second kappa shape index (κ2) is 5.37. The molecule has 1 N–H and O–H groups in total. The van der Waals surface area contributed by atoms with Crippen LogP contribution in [0.5, 0.6) is 0 Å². The summed E-state index contributed by atoms with van der Waals surface area (Å²) in [7, 11) is -0.137. The molecule has 0 aromatic heterocycles. The number of halogens is 2. The predicted molar refractivity (Wildman–Crippen MR) is 48.9 cm³/mol. The lowest BCUT2D eigenvalue weighted by atomic mass is 10.4. The summed E-state index contributed by atoms with van der Waals surface area (Å²) in [6.07, 6.45) is 0. The van der Waals surface area contributed by atoms with Gasteiger partial charge >= 0.3 is 9.33 Å². The average Bonchev–Trinajstić information content (AvgIpc) is 1.85. The zero-order valence-electron chi connectivity index (χ0n) is 5.81. The summed E-state index contributed by atoms with van der Waals surface area (Å²) in [5, 5.41) is 0.794. The molecule has 0 radical (unpaired) electrons. The lowest BCUT2D eigenvalue weighted by molar-refractivity contribution is 0.501. The molecular formula is C6H6Cl2O3S. The Bertz CT molecular complexity index is 301. The van der Waals surface area contributed by atoms with E-state index < -0.39 is 9.33 Å². The zero-order valence-corrected chi connectivity index (χ0v) is 8.14. The summed E-state index contributed by atoms with van der Waals surface area (Å²) in [6.45, 7) is 0. The topological polar surface area (TPSA) is 54.4 Å². The van der Waals surface area contributed by atoms with Crippen molar-refractivity contribution in [3.05, 3.63) is 35.4 Å². The fraction of sp³-hybridized carbons (Fsp3) is 0. The molecule has 0 saturated carbocycles. The van der Waals surface area contributed by atoms with Crippen molar-refractivity contribution in [3.63, 3.8) is 0 Å². The van der Waals surface area contributed by atoms with Crippen molar-refractivity contribution in [2.45, 2.75) is 0 Å². The smallest absolute Gasteiger partial charge is 0.273 e. The van der Waals surface area contributed by atoms with Crippen molar-refractivity contribution in [2.75, 3.05) is 0 Å². The van der Waals surface area contributed by atoms with E-state index >= 15 is 0 Å². The lowest BCUT2D eigenvalue weighted by Gasteiger charge is -1.80. The Labute approximate surface area is 80.2 Å². The maximum absolute atomic E-state index is 8.95. The van der Waals surface area contributed by atoms with E-state index in [0.717, 1.165) is 5.02 Å². The zero-order chi connectivity index (χ0) is 9.61. The van der Waals surface area contributed by atoms with Crippen LogP contribution in [0.15, 0.2) is 30.3 Å². The van der Waals surface area contributed by atoms with Gasteiger partial charge in [-0.1, -0.05) is 29.8 Å². The SMILES string of the molecule is Clc1ccccc1.O=S(=O)(O)Cl. The van der Waals surface area contributed by atoms with Gasteiger partial charge in [-0.2, -0.15) is 8.42 Å². The van der Waals surface area contributed by atoms with Crippen LogP contribution in [-0.2, 0) is 9.33 Å². The molecule has 68 valence electrons. The van der Waals surface area contributed by atoms with E-state index in [4.69, 9.17) is 24.6 Å². The monoisotopic (exact) mass is 228 g/mol. The number of hydrogen-bond donors (Lipinski definition) is 1. The fourth-order valence-corrected chi connectivity index (χ4v) is 0.560. The molecule has 12 heavy (non-hydrogen) atoms. The molecule has 0 aliphatic rings. The van der Waals surface area contributed by atoms with E-state index in [0.29, 0.717) is 0 Å². The van der Waals surface area contributed by atoms with Gasteiger partial charge in [0.05, 0.1) is 0 Å². The van der Waals surface area contributed by atoms with Crippen LogP contribution in [0.1, 0.15) is 0 Å². The molecule has 0 spiro atoms. The van der Waals surface area contributed by atoms with E-state index in [2.05, 4.69) is 10.7 Å². The van der Waals surface area contributed by atoms with Crippen LogP contribution in [0.3, 0.4) is 0 Å². The van der Waals surface area contributed by atoms with Gasteiger partial charge in [0.2, 0.25) is 0 Å². The molecule has 0 aliphatic heterocycles. The Kier molecular flexibility index (Phi) is 5.24. The van der Waals surface area contributed by atoms with Crippen molar-refractivity contribution < 1.29 is 13.0 Å². The van der Waals surface area contributed by atoms with Crippen molar-refractivity contribution in [1.82, 2.24) is 0 Å². The van der Waals surface area contributed by atoms with Crippen LogP contribution in [0.2, 0.25) is 5.02 Å². The van der Waals surface area contributed by atoms with Gasteiger partial charge in [0.1, 0.15) is 0 Å². The normalized spacial score (nSPS) is 9.92. The van der Waals surface area contributed by atoms with Gasteiger partial charge in [0.15, 0.2) is 0 Å². The summed E-state index contributed by atoms with van der Waals surface area (Å²) < 4.78 is 25.2. The predicted octanol–water partition coefficient (Wildman–Crippen LogP) is 2.37. The first-order valence-electron chi connectivity index (χ1n) is 2.77. The minimum absolute atomic E-state index is 0.794. The maximum atomic E-state index is 8.95. The van der Waals surface area contributed by atoms with E-state index in [1.165, 1.54) is 0 Å². The molecule has 0 saturated heterocycles. The largest absolute Gasteiger partial charge is 0.353 e. The highest BCUT2D eigenvalue weighted by Crippen LogP contribution is 2.03. The molecule has 1 rings (SSSR count). The molecule has 0 aliphatic carbocycles.